The van der Waals surface area contributed by atoms with Gasteiger partial charge in [-0.1, -0.05) is 23.4 Å². The fraction of sp³-hybridized carbons (Fsp3) is 0.400. The normalized spacial score (nSPS) is 24.2. The number of halogens is 1. The van der Waals surface area contributed by atoms with E-state index in [0.717, 1.165) is 6.07 Å². The molecule has 0 saturated carbocycles. The van der Waals surface area contributed by atoms with Crippen molar-refractivity contribution < 1.29 is 38.5 Å². The summed E-state index contributed by atoms with van der Waals surface area (Å²) in [5, 5.41) is 21.9. The van der Waals surface area contributed by atoms with Crippen LogP contribution >= 0.6 is 0 Å². The number of carbonyl (C=O) groups excluding carboxylic acids is 3. The van der Waals surface area contributed by atoms with Crippen LogP contribution in [0.2, 0.25) is 10.4 Å². The highest BCUT2D eigenvalue weighted by molar-refractivity contribution is 6.66. The minimum absolute atomic E-state index is 0.00878. The molecule has 0 radical (unpaired) electrons. The van der Waals surface area contributed by atoms with E-state index in [9.17, 15) is 24.6 Å². The van der Waals surface area contributed by atoms with Crippen LogP contribution in [0.4, 0.5) is 4.39 Å². The van der Waals surface area contributed by atoms with E-state index in [-0.39, 0.29) is 30.2 Å². The summed E-state index contributed by atoms with van der Waals surface area (Å²) in [5.74, 6) is -3.95. The van der Waals surface area contributed by atoms with Gasteiger partial charge < -0.3 is 24.6 Å². The maximum absolute atomic E-state index is 15.1. The molecule has 3 heterocycles. The molecule has 0 aromatic heterocycles. The van der Waals surface area contributed by atoms with Crippen LogP contribution in [0.15, 0.2) is 36.4 Å². The Morgan fingerprint density at radius 1 is 1.02 bits per heavy atom. The Morgan fingerprint density at radius 3 is 2.37 bits per heavy atom. The number of aliphatic hydroxyl groups is 2. The second kappa shape index (κ2) is 10.0. The average molecular weight is 559 g/mol. The zero-order chi connectivity index (χ0) is 30.0. The van der Waals surface area contributed by atoms with Gasteiger partial charge in [-0.05, 0) is 23.4 Å². The van der Waals surface area contributed by atoms with Crippen LogP contribution in [0.1, 0.15) is 27.0 Å². The topological polar surface area (TPSA) is 129 Å². The summed E-state index contributed by atoms with van der Waals surface area (Å²) in [6.45, 7) is 1.16. The van der Waals surface area contributed by atoms with E-state index in [2.05, 4.69) is 5.32 Å². The van der Waals surface area contributed by atoms with Crippen molar-refractivity contribution in [2.75, 3.05) is 26.3 Å². The number of ether oxygens (including phenoxy) is 2. The average Bonchev–Trinajstić information content (AvgIpc) is 3.28. The van der Waals surface area contributed by atoms with Crippen molar-refractivity contribution in [2.24, 2.45) is 0 Å². The molecule has 5 rings (SSSR count). The maximum atomic E-state index is 15.1. The van der Waals surface area contributed by atoms with Gasteiger partial charge in [-0.2, -0.15) is 0 Å². The number of carbonyl (C=O) groups is 3. The van der Waals surface area contributed by atoms with Crippen molar-refractivity contribution >= 4 is 57.0 Å². The lowest BCUT2D eigenvalue weighted by atomic mass is 9.21. The molecule has 1 unspecified atom stereocenters. The molecule has 0 aliphatic carbocycles. The Morgan fingerprint density at radius 2 is 1.71 bits per heavy atom. The number of imide groups is 1. The van der Waals surface area contributed by atoms with Gasteiger partial charge in [-0.15, -0.1) is 0 Å². The number of fused-ring (bicyclic) bond motifs is 1. The number of rotatable bonds is 6. The van der Waals surface area contributed by atoms with Crippen molar-refractivity contribution in [3.05, 3.63) is 64.5 Å². The number of amides is 3. The first-order valence-electron chi connectivity index (χ1n) is 13.6. The first-order chi connectivity index (χ1) is 19.1. The monoisotopic (exact) mass is 559 g/mol. The van der Waals surface area contributed by atoms with Crippen LogP contribution in [-0.4, -0.2) is 109 Å². The summed E-state index contributed by atoms with van der Waals surface area (Å²) < 4.78 is 26.3. The lowest BCUT2D eigenvalue weighted by Gasteiger charge is -2.59. The molecular weight excluding hydrogens is 527 g/mol. The van der Waals surface area contributed by atoms with Crippen molar-refractivity contribution in [1.29, 1.82) is 0 Å². The van der Waals surface area contributed by atoms with Gasteiger partial charge in [0.1, 0.15) is 57.4 Å². The van der Waals surface area contributed by atoms with Crippen molar-refractivity contribution in [1.82, 2.24) is 15.1 Å². The molecule has 2 fully saturated rings. The summed E-state index contributed by atoms with van der Waals surface area (Å²) in [5.41, 5.74) is -0.239. The van der Waals surface area contributed by atoms with E-state index in [1.807, 2.05) is 15.7 Å². The fourth-order valence-corrected chi connectivity index (χ4v) is 5.90. The summed E-state index contributed by atoms with van der Waals surface area (Å²) >= 11 is 0. The van der Waals surface area contributed by atoms with Crippen LogP contribution in [0.5, 0.6) is 5.75 Å². The van der Waals surface area contributed by atoms with Crippen LogP contribution in [-0.2, 0) is 33.4 Å². The SMILES string of the molecule is BC1(B)C(=O)NC(=O)C(B)(N2Cc3c(OCc4ccc(C(O)(O)N5CCOCC5)cc4F)cccc3C2=O)C1(B)B. The molecule has 210 valence electrons. The predicted octanol–water partition coefficient (Wildman–Crippen LogP) is -4.46. The molecule has 10 nitrogen and oxygen atoms in total. The highest BCUT2D eigenvalue weighted by atomic mass is 19.1. The molecule has 41 heavy (non-hydrogen) atoms. The maximum Gasteiger partial charge on any atom is 0.254 e. The van der Waals surface area contributed by atoms with Crippen LogP contribution in [0.25, 0.3) is 0 Å². The van der Waals surface area contributed by atoms with Crippen LogP contribution in [0.3, 0.4) is 0 Å². The fourth-order valence-electron chi connectivity index (χ4n) is 5.90. The van der Waals surface area contributed by atoms with Gasteiger partial charge in [0.25, 0.3) is 11.8 Å². The molecule has 0 spiro atoms. The third kappa shape index (κ3) is 4.43. The highest BCUT2D eigenvalue weighted by Gasteiger charge is 2.64. The Kier molecular flexibility index (Phi) is 7.21. The third-order valence-electron chi connectivity index (χ3n) is 9.76. The molecule has 16 heteroatoms. The molecule has 2 saturated heterocycles. The number of nitrogens with one attached hydrogen (secondary N) is 1. The number of nitrogens with zero attached hydrogens (tertiary/aromatic N) is 2. The first kappa shape index (κ1) is 29.4. The Balaban J connectivity index is 1.37. The Hall–Kier alpha value is -3.06. The number of morpholine rings is 1. The van der Waals surface area contributed by atoms with Crippen LogP contribution in [0, 0.1) is 5.82 Å². The summed E-state index contributed by atoms with van der Waals surface area (Å²) in [6.07, 6.45) is 0. The predicted molar refractivity (Wildman–Crippen MR) is 160 cm³/mol. The molecule has 3 aliphatic heterocycles. The number of hydrogen-bond donors (Lipinski definition) is 3. The van der Waals surface area contributed by atoms with Gasteiger partial charge >= 0.3 is 0 Å². The van der Waals surface area contributed by atoms with Gasteiger partial charge in [-0.3, -0.25) is 19.7 Å². The minimum atomic E-state index is -2.34. The first-order valence-corrected chi connectivity index (χ1v) is 13.6. The van der Waals surface area contributed by atoms with E-state index in [1.54, 1.807) is 41.7 Å². The Labute approximate surface area is 242 Å². The number of piperidine rings is 1. The summed E-state index contributed by atoms with van der Waals surface area (Å²) in [7, 11) is 8.82. The van der Waals surface area contributed by atoms with Gasteiger partial charge in [0, 0.05) is 35.3 Å². The Bertz CT molecular complexity index is 1440. The smallest absolute Gasteiger partial charge is 0.254 e. The van der Waals surface area contributed by atoms with Gasteiger partial charge in [0.15, 0.2) is 0 Å². The quantitative estimate of drug-likeness (QED) is 0.184. The van der Waals surface area contributed by atoms with E-state index in [0.29, 0.717) is 43.2 Å². The van der Waals surface area contributed by atoms with Gasteiger partial charge in [-0.25, -0.2) is 9.29 Å². The molecule has 2 aromatic carbocycles. The zero-order valence-corrected chi connectivity index (χ0v) is 23.9. The van der Waals surface area contributed by atoms with Crippen molar-refractivity contribution in [3.8, 4) is 5.75 Å². The lowest BCUT2D eigenvalue weighted by molar-refractivity contribution is -0.287. The third-order valence-corrected chi connectivity index (χ3v) is 9.76. The van der Waals surface area contributed by atoms with Crippen molar-refractivity contribution in [3.63, 3.8) is 0 Å². The second-order valence-corrected chi connectivity index (χ2v) is 12.1. The van der Waals surface area contributed by atoms with E-state index < -0.39 is 39.4 Å². The van der Waals surface area contributed by atoms with Gasteiger partial charge in [0.2, 0.25) is 11.8 Å². The lowest BCUT2D eigenvalue weighted by Crippen LogP contribution is -2.75. The molecular formula is C25H31B5FN3O7. The summed E-state index contributed by atoms with van der Waals surface area (Å²) in [6, 6.07) is 8.93. The van der Waals surface area contributed by atoms with E-state index >= 15 is 4.39 Å². The number of benzene rings is 2. The zero-order valence-electron chi connectivity index (χ0n) is 23.9. The van der Waals surface area contributed by atoms with E-state index in [4.69, 9.17) is 9.47 Å². The van der Waals surface area contributed by atoms with E-state index in [1.165, 1.54) is 21.9 Å². The largest absolute Gasteiger partial charge is 0.488 e. The number of hydrogen-bond acceptors (Lipinski definition) is 8. The molecule has 1 atom stereocenters. The molecule has 3 aliphatic rings. The van der Waals surface area contributed by atoms with Gasteiger partial charge in [0.05, 0.1) is 25.2 Å². The van der Waals surface area contributed by atoms with Crippen LogP contribution < -0.4 is 10.1 Å². The molecule has 3 N–H and O–H groups in total. The standard InChI is InChI=1S/C25H31B5FN3O7/c26-22(27)20(36)32-21(37)23(28,25(22,29)30)34-11-16-15(19(34)35)2-1-3-18(16)41-12-13-4-5-14(10-17(13)31)24(38,39)33-6-8-40-9-7-33/h1-5,10,38-39H,6-9,11-12,26-30H2,(H,32,36,37). The highest BCUT2D eigenvalue weighted by Crippen LogP contribution is 2.55. The summed E-state index contributed by atoms with van der Waals surface area (Å²) in [4.78, 5) is 42.5. The molecule has 3 amide bonds. The second-order valence-electron chi connectivity index (χ2n) is 12.1. The minimum Gasteiger partial charge on any atom is -0.488 e. The van der Waals surface area contributed by atoms with Crippen molar-refractivity contribution in [2.45, 2.75) is 34.9 Å². The molecule has 0 bridgehead atoms. The molecule has 2 aromatic rings.